The lowest BCUT2D eigenvalue weighted by Crippen LogP contribution is -2.27. The lowest BCUT2D eigenvalue weighted by Gasteiger charge is -1.87. The third kappa shape index (κ3) is 22900. The van der Waals surface area contributed by atoms with E-state index in [0.29, 0.717) is 0 Å². The van der Waals surface area contributed by atoms with Crippen molar-refractivity contribution in [3.8, 4) is 0 Å². The summed E-state index contributed by atoms with van der Waals surface area (Å²) in [5.41, 5.74) is 0. The Morgan fingerprint density at radius 2 is 2.00 bits per heavy atom. The van der Waals surface area contributed by atoms with E-state index in [-0.39, 0.29) is 0 Å². The van der Waals surface area contributed by atoms with Gasteiger partial charge in [0.1, 0.15) is 0 Å². The third-order valence-electron chi connectivity index (χ3n) is 0. The molecule has 0 aromatic rings. The maximum Gasteiger partial charge on any atom is 0.711 e. The van der Waals surface area contributed by atoms with Gasteiger partial charge in [-0.1, -0.05) is 0 Å². The van der Waals surface area contributed by atoms with Crippen molar-refractivity contribution in [3.05, 3.63) is 0 Å². The van der Waals surface area contributed by atoms with Crippen molar-refractivity contribution < 1.29 is 18.5 Å². The molecular formula is H3FO3Si. The second kappa shape index (κ2) is 1.02. The summed E-state index contributed by atoms with van der Waals surface area (Å²) in [4.78, 5) is 17.7. The molecule has 0 rings (SSSR count). The van der Waals surface area contributed by atoms with Crippen molar-refractivity contribution in [3.63, 3.8) is 0 Å². The fourth-order valence-corrected chi connectivity index (χ4v) is 0. The van der Waals surface area contributed by atoms with Crippen molar-refractivity contribution in [2.45, 2.75) is 0 Å². The van der Waals surface area contributed by atoms with Gasteiger partial charge >= 0.3 is 9.14 Å². The summed E-state index contributed by atoms with van der Waals surface area (Å²) in [6.07, 6.45) is 0. The molecule has 3 nitrogen and oxygen atoms in total. The molecule has 0 aromatic heterocycles. The first-order valence-electron chi connectivity index (χ1n) is 1.25. The van der Waals surface area contributed by atoms with Crippen LogP contribution in [-0.2, 0) is 0 Å². The Balaban J connectivity index is 3.17. The number of hydrogen-bond acceptors (Lipinski definition) is 3. The van der Waals surface area contributed by atoms with Crippen LogP contribution in [0.4, 0.5) is 4.11 Å². The fourth-order valence-electron chi connectivity index (χ4n) is 0. The summed E-state index contributed by atoms with van der Waals surface area (Å²) in [6, 6.07) is 0. The average molecular weight is 99.1 g/mol. The van der Waals surface area contributed by atoms with Crippen molar-refractivity contribution in [1.82, 2.24) is 0 Å². The summed E-state index contributed by atoms with van der Waals surface area (Å²) >= 11 is 0. The van der Waals surface area contributed by atoms with E-state index in [0.717, 1.165) is 0 Å². The van der Waals surface area contributed by atoms with Crippen LogP contribution in [0.5, 0.6) is 0 Å². The van der Waals surface area contributed by atoms with Crippen LogP contribution < -0.4 is 0 Å². The van der Waals surface area contributed by atoms with E-state index in [1.165, 1.54) is 0 Å². The summed E-state index contributed by atoms with van der Waals surface area (Å²) in [6.45, 7) is 0. The molecule has 0 aromatic carbocycles. The molecule has 0 aliphatic carbocycles. The molecule has 5 heteroatoms. The molecule has 3 N–H and O–H groups in total. The summed E-state index contributed by atoms with van der Waals surface area (Å²) in [7, 11) is -4.96. The van der Waals surface area contributed by atoms with Crippen LogP contribution in [0.3, 0.4) is 0 Å². The van der Waals surface area contributed by atoms with Crippen LogP contribution in [-0.4, -0.2) is 25.0 Å². The zero-order valence-corrected chi connectivity index (χ0v) is 3.18. The Bertz CT molecular complexity index is 40.5. The van der Waals surface area contributed by atoms with Crippen molar-refractivity contribution in [2.75, 3.05) is 0 Å². The summed E-state index contributed by atoms with van der Waals surface area (Å²) < 4.78 is 16.5. The van der Waals surface area contributed by atoms with Gasteiger partial charge in [-0.3, -0.25) is 0 Å². The van der Waals surface area contributed by atoms with Crippen LogP contribution in [0, 0.1) is 0 Å². The van der Waals surface area contributed by atoms with E-state index >= 15 is 0 Å². The normalized spacial score (nSPS) is 14.6. The predicted molar refractivity (Wildman–Crippen MR) is 13.5 cm³/mol. The zero-order valence-electron chi connectivity index (χ0n) is 3.18. The second-order valence-corrected chi connectivity index (χ2v) is 1.59. The molecule has 0 bridgehead atoms. The standard InChI is InChI=1S/FH3O3Si/c1-5(2,3)4/h2-4H/i2D. The molecular weight excluding hydrogens is 95.1 g/mol. The third-order valence-corrected chi connectivity index (χ3v) is 0. The van der Waals surface area contributed by atoms with Gasteiger partial charge in [-0.2, -0.15) is 0 Å². The molecule has 0 saturated heterocycles. The predicted octanol–water partition coefficient (Wildman–Crippen LogP) is -1.63. The van der Waals surface area contributed by atoms with Gasteiger partial charge in [-0.15, -0.1) is 0 Å². The van der Waals surface area contributed by atoms with Crippen LogP contribution >= 0.6 is 0 Å². The lowest BCUT2D eigenvalue weighted by molar-refractivity contribution is 0.165. The SMILES string of the molecule is [2H]O[Si](O)(O)F. The molecule has 0 aliphatic rings. The molecule has 0 saturated carbocycles. The molecule has 5 heavy (non-hydrogen) atoms. The molecule has 0 radical (unpaired) electrons. The minimum absolute atomic E-state index is 2.77. The van der Waals surface area contributed by atoms with E-state index in [4.69, 9.17) is 11.0 Å². The van der Waals surface area contributed by atoms with Gasteiger partial charge in [0.15, 0.2) is 0 Å². The average Bonchev–Trinajstić information content (AvgIpc) is 1.35. The Morgan fingerprint density at radius 1 is 1.80 bits per heavy atom. The second-order valence-electron chi connectivity index (χ2n) is 0.529. The topological polar surface area (TPSA) is 60.7 Å². The highest BCUT2D eigenvalue weighted by Crippen LogP contribution is 1.79. The van der Waals surface area contributed by atoms with Gasteiger partial charge in [-0.25, -0.2) is 4.11 Å². The van der Waals surface area contributed by atoms with E-state index in [2.05, 4.69) is 4.80 Å². The Kier molecular flexibility index (Phi) is 0.655. The van der Waals surface area contributed by atoms with Gasteiger partial charge < -0.3 is 14.4 Å². The minimum atomic E-state index is -4.96. The molecule has 0 fully saturated rings. The maximum atomic E-state index is 11.0. The number of hydrogen-bond donors (Lipinski definition) is 3. The Labute approximate surface area is 30.3 Å². The molecule has 0 atom stereocenters. The van der Waals surface area contributed by atoms with Crippen LogP contribution in [0.15, 0.2) is 0 Å². The van der Waals surface area contributed by atoms with Crippen LogP contribution in [0.2, 0.25) is 0 Å². The quantitative estimate of drug-likeness (QED) is 0.273. The minimum Gasteiger partial charge on any atom is -0.365 e. The highest BCUT2D eigenvalue weighted by Gasteiger charge is 2.26. The molecule has 0 unspecified atom stereocenters. The first kappa shape index (κ1) is 3.23. The summed E-state index contributed by atoms with van der Waals surface area (Å²) in [5.74, 6) is 0. The Hall–Kier alpha value is 0.0269. The number of rotatable bonds is 1. The van der Waals surface area contributed by atoms with Crippen LogP contribution in [0.1, 0.15) is 0 Å². The van der Waals surface area contributed by atoms with Crippen LogP contribution in [0.25, 0.3) is 0 Å². The monoisotopic (exact) mass is 99.0 g/mol. The molecule has 0 heterocycles. The largest absolute Gasteiger partial charge is 0.711 e. The molecule has 32 valence electrons. The van der Waals surface area contributed by atoms with Gasteiger partial charge in [0, 0.05) is 0 Å². The van der Waals surface area contributed by atoms with E-state index in [1.807, 2.05) is 0 Å². The van der Waals surface area contributed by atoms with E-state index in [1.54, 1.807) is 0 Å². The zero-order chi connectivity index (χ0) is 5.21. The first-order chi connectivity index (χ1) is 2.56. The van der Waals surface area contributed by atoms with E-state index < -0.39 is 9.14 Å². The first-order valence-corrected chi connectivity index (χ1v) is 2.52. The van der Waals surface area contributed by atoms with Gasteiger partial charge in [-0.05, 0) is 0 Å². The van der Waals surface area contributed by atoms with Gasteiger partial charge in [0.2, 0.25) is 1.43 Å². The van der Waals surface area contributed by atoms with Crippen molar-refractivity contribution in [1.29, 1.82) is 1.43 Å². The molecule has 0 spiro atoms. The van der Waals surface area contributed by atoms with E-state index in [9.17, 15) is 4.11 Å². The fraction of sp³-hybridized carbons (Fsp3) is 0. The van der Waals surface area contributed by atoms with Gasteiger partial charge in [0.05, 0.1) is 0 Å². The number of halogens is 1. The molecule has 0 aliphatic heterocycles. The highest BCUT2D eigenvalue weighted by atomic mass is 28.4. The maximum absolute atomic E-state index is 11.0. The van der Waals surface area contributed by atoms with Crippen molar-refractivity contribution >= 4 is 9.14 Å². The van der Waals surface area contributed by atoms with Gasteiger partial charge in [0.25, 0.3) is 0 Å². The molecule has 0 amide bonds. The smallest absolute Gasteiger partial charge is 0.365 e. The van der Waals surface area contributed by atoms with Crippen molar-refractivity contribution in [2.24, 2.45) is 0 Å². The summed E-state index contributed by atoms with van der Waals surface area (Å²) in [5, 5.41) is 0. The highest BCUT2D eigenvalue weighted by molar-refractivity contribution is 6.47. The Morgan fingerprint density at radius 3 is 2.00 bits per heavy atom. The lowest BCUT2D eigenvalue weighted by atomic mass is 15.8.